The molecule has 0 aliphatic heterocycles. The topological polar surface area (TPSA) is 62.1 Å². The molecule has 0 saturated heterocycles. The molecule has 0 radical (unpaired) electrons. The van der Waals surface area contributed by atoms with E-state index in [-0.39, 0.29) is 11.8 Å². The Morgan fingerprint density at radius 3 is 2.30 bits per heavy atom. The van der Waals surface area contributed by atoms with E-state index >= 15 is 0 Å². The number of rotatable bonds is 5. The van der Waals surface area contributed by atoms with Crippen LogP contribution in [0.3, 0.4) is 0 Å². The predicted octanol–water partition coefficient (Wildman–Crippen LogP) is 2.82. The van der Waals surface area contributed by atoms with Gasteiger partial charge in [-0.3, -0.25) is 4.79 Å². The van der Waals surface area contributed by atoms with Crippen LogP contribution in [-0.2, 0) is 4.79 Å². The molecular weight excluding hydrogens is 252 g/mol. The van der Waals surface area contributed by atoms with Gasteiger partial charge in [-0.25, -0.2) is 0 Å². The monoisotopic (exact) mass is 274 g/mol. The quantitative estimate of drug-likeness (QED) is 0.898. The number of nitriles is 1. The molecule has 1 N–H and O–H groups in total. The van der Waals surface area contributed by atoms with Crippen molar-refractivity contribution in [1.82, 2.24) is 5.32 Å². The van der Waals surface area contributed by atoms with Gasteiger partial charge in [0.05, 0.1) is 6.07 Å². The summed E-state index contributed by atoms with van der Waals surface area (Å²) in [6, 6.07) is 9.64. The third-order valence-electron chi connectivity index (χ3n) is 3.47. The lowest BCUT2D eigenvalue weighted by Gasteiger charge is -2.28. The molecule has 4 heteroatoms. The molecule has 0 aliphatic rings. The highest BCUT2D eigenvalue weighted by Crippen LogP contribution is 2.17. The molecule has 0 bridgehead atoms. The van der Waals surface area contributed by atoms with E-state index in [1.807, 2.05) is 45.0 Å². The molecule has 1 amide bonds. The van der Waals surface area contributed by atoms with E-state index in [4.69, 9.17) is 4.74 Å². The van der Waals surface area contributed by atoms with E-state index in [0.717, 1.165) is 5.56 Å². The van der Waals surface area contributed by atoms with Gasteiger partial charge in [-0.2, -0.15) is 5.26 Å². The zero-order valence-electron chi connectivity index (χ0n) is 12.7. The number of amides is 1. The number of hydrogen-bond acceptors (Lipinski definition) is 3. The van der Waals surface area contributed by atoms with Crippen molar-refractivity contribution in [2.75, 3.05) is 0 Å². The Labute approximate surface area is 120 Å². The standard InChI is InChI=1S/C16H22N2O2/c1-11(2)16(5,10-17)18-15(19)13(4)20-14-8-6-12(3)7-9-14/h6-9,11,13H,1-5H3,(H,18,19)/t13-,16+/m0/s1. The van der Waals surface area contributed by atoms with E-state index in [9.17, 15) is 10.1 Å². The summed E-state index contributed by atoms with van der Waals surface area (Å²) in [7, 11) is 0. The molecular formula is C16H22N2O2. The average Bonchev–Trinajstić information content (AvgIpc) is 2.40. The van der Waals surface area contributed by atoms with Gasteiger partial charge < -0.3 is 10.1 Å². The summed E-state index contributed by atoms with van der Waals surface area (Å²) in [6.45, 7) is 9.17. The van der Waals surface area contributed by atoms with E-state index in [2.05, 4.69) is 11.4 Å². The minimum absolute atomic E-state index is 0.0167. The Morgan fingerprint density at radius 1 is 1.30 bits per heavy atom. The first-order chi connectivity index (χ1) is 9.28. The van der Waals surface area contributed by atoms with Crippen LogP contribution >= 0.6 is 0 Å². The number of aryl methyl sites for hydroxylation is 1. The summed E-state index contributed by atoms with van der Waals surface area (Å²) in [5.41, 5.74) is 0.244. The van der Waals surface area contributed by atoms with Crippen molar-refractivity contribution in [2.45, 2.75) is 46.3 Å². The average molecular weight is 274 g/mol. The van der Waals surface area contributed by atoms with Crippen LogP contribution < -0.4 is 10.1 Å². The fourth-order valence-electron chi connectivity index (χ4n) is 1.53. The molecule has 2 atom stereocenters. The first-order valence-electron chi connectivity index (χ1n) is 6.75. The fraction of sp³-hybridized carbons (Fsp3) is 0.500. The zero-order valence-corrected chi connectivity index (χ0v) is 12.7. The second-order valence-corrected chi connectivity index (χ2v) is 5.53. The minimum atomic E-state index is -0.887. The van der Waals surface area contributed by atoms with Crippen molar-refractivity contribution < 1.29 is 9.53 Å². The van der Waals surface area contributed by atoms with Crippen LogP contribution in [0, 0.1) is 24.2 Å². The Morgan fingerprint density at radius 2 is 1.85 bits per heavy atom. The molecule has 0 spiro atoms. The molecule has 20 heavy (non-hydrogen) atoms. The number of hydrogen-bond donors (Lipinski definition) is 1. The number of carbonyl (C=O) groups is 1. The number of benzene rings is 1. The first kappa shape index (κ1) is 16.0. The van der Waals surface area contributed by atoms with Crippen molar-refractivity contribution in [3.8, 4) is 11.8 Å². The maximum absolute atomic E-state index is 12.1. The van der Waals surface area contributed by atoms with Crippen molar-refractivity contribution in [2.24, 2.45) is 5.92 Å². The predicted molar refractivity (Wildman–Crippen MR) is 78.3 cm³/mol. The van der Waals surface area contributed by atoms with Crippen molar-refractivity contribution in [3.05, 3.63) is 29.8 Å². The van der Waals surface area contributed by atoms with Gasteiger partial charge in [0.15, 0.2) is 6.10 Å². The molecule has 1 aromatic rings. The van der Waals surface area contributed by atoms with Crippen LogP contribution in [-0.4, -0.2) is 17.6 Å². The lowest BCUT2D eigenvalue weighted by molar-refractivity contribution is -0.128. The summed E-state index contributed by atoms with van der Waals surface area (Å²) in [4.78, 5) is 12.1. The molecule has 108 valence electrons. The van der Waals surface area contributed by atoms with Crippen LogP contribution in [0.5, 0.6) is 5.75 Å². The number of ether oxygens (including phenoxy) is 1. The lowest BCUT2D eigenvalue weighted by atomic mass is 9.90. The number of nitrogens with zero attached hydrogens (tertiary/aromatic N) is 1. The largest absolute Gasteiger partial charge is 0.481 e. The summed E-state index contributed by atoms with van der Waals surface area (Å²) in [5, 5.41) is 11.9. The molecule has 4 nitrogen and oxygen atoms in total. The fourth-order valence-corrected chi connectivity index (χ4v) is 1.53. The second kappa shape index (κ2) is 6.42. The molecule has 0 heterocycles. The maximum atomic E-state index is 12.1. The zero-order chi connectivity index (χ0) is 15.3. The molecule has 0 saturated carbocycles. The SMILES string of the molecule is Cc1ccc(O[C@@H](C)C(=O)N[C@](C)(C#N)C(C)C)cc1. The van der Waals surface area contributed by atoms with Crippen molar-refractivity contribution in [3.63, 3.8) is 0 Å². The van der Waals surface area contributed by atoms with Crippen LogP contribution in [0.15, 0.2) is 24.3 Å². The highest BCUT2D eigenvalue weighted by atomic mass is 16.5. The Balaban J connectivity index is 2.68. The Hall–Kier alpha value is -2.02. The summed E-state index contributed by atoms with van der Waals surface area (Å²) >= 11 is 0. The second-order valence-electron chi connectivity index (χ2n) is 5.53. The summed E-state index contributed by atoms with van der Waals surface area (Å²) < 4.78 is 5.58. The van der Waals surface area contributed by atoms with Crippen LogP contribution in [0.2, 0.25) is 0 Å². The van der Waals surface area contributed by atoms with Gasteiger partial charge in [0, 0.05) is 0 Å². The number of carbonyl (C=O) groups excluding carboxylic acids is 1. The molecule has 0 aliphatic carbocycles. The summed E-state index contributed by atoms with van der Waals surface area (Å²) in [5.74, 6) is 0.368. The smallest absolute Gasteiger partial charge is 0.262 e. The molecule has 0 unspecified atom stereocenters. The number of nitrogens with one attached hydrogen (secondary N) is 1. The van der Waals surface area contributed by atoms with E-state index in [1.165, 1.54) is 0 Å². The highest BCUT2D eigenvalue weighted by molar-refractivity contribution is 5.81. The molecule has 0 fully saturated rings. The third kappa shape index (κ3) is 3.99. The van der Waals surface area contributed by atoms with E-state index in [0.29, 0.717) is 5.75 Å². The van der Waals surface area contributed by atoms with Crippen LogP contribution in [0.25, 0.3) is 0 Å². The van der Waals surface area contributed by atoms with Gasteiger partial charge in [0.1, 0.15) is 11.3 Å². The molecule has 1 aromatic carbocycles. The van der Waals surface area contributed by atoms with Crippen LogP contribution in [0.4, 0.5) is 0 Å². The highest BCUT2D eigenvalue weighted by Gasteiger charge is 2.32. The van der Waals surface area contributed by atoms with Gasteiger partial charge in [-0.05, 0) is 38.8 Å². The summed E-state index contributed by atoms with van der Waals surface area (Å²) in [6.07, 6.45) is -0.649. The van der Waals surface area contributed by atoms with Gasteiger partial charge in [-0.1, -0.05) is 31.5 Å². The van der Waals surface area contributed by atoms with E-state index in [1.54, 1.807) is 13.8 Å². The van der Waals surface area contributed by atoms with Gasteiger partial charge in [0.2, 0.25) is 0 Å². The van der Waals surface area contributed by atoms with Crippen molar-refractivity contribution >= 4 is 5.91 Å². The maximum Gasteiger partial charge on any atom is 0.262 e. The van der Waals surface area contributed by atoms with Gasteiger partial charge in [0.25, 0.3) is 5.91 Å². The van der Waals surface area contributed by atoms with Gasteiger partial charge >= 0.3 is 0 Å². The van der Waals surface area contributed by atoms with Crippen LogP contribution in [0.1, 0.15) is 33.3 Å². The first-order valence-corrected chi connectivity index (χ1v) is 6.75. The Kier molecular flexibility index (Phi) is 5.15. The molecule has 1 rings (SSSR count). The van der Waals surface area contributed by atoms with Crippen molar-refractivity contribution in [1.29, 1.82) is 5.26 Å². The normalized spacial score (nSPS) is 15.1. The lowest BCUT2D eigenvalue weighted by Crippen LogP contribution is -2.52. The van der Waals surface area contributed by atoms with E-state index < -0.39 is 11.6 Å². The molecule has 0 aromatic heterocycles. The minimum Gasteiger partial charge on any atom is -0.481 e. The van der Waals surface area contributed by atoms with Gasteiger partial charge in [-0.15, -0.1) is 0 Å². The Bertz CT molecular complexity index is 502. The third-order valence-corrected chi connectivity index (χ3v) is 3.47.